The highest BCUT2D eigenvalue weighted by molar-refractivity contribution is 6.22. The van der Waals surface area contributed by atoms with Crippen LogP contribution < -0.4 is 0 Å². The summed E-state index contributed by atoms with van der Waals surface area (Å²) in [6.07, 6.45) is 0.831. The number of ketones is 1. The number of phenols is 2. The van der Waals surface area contributed by atoms with Gasteiger partial charge >= 0.3 is 11.9 Å². The molecule has 7 heteroatoms. The molecule has 0 spiro atoms. The van der Waals surface area contributed by atoms with Crippen molar-refractivity contribution in [1.29, 1.82) is 0 Å². The van der Waals surface area contributed by atoms with Gasteiger partial charge in [-0.2, -0.15) is 0 Å². The minimum atomic E-state index is -0.959. The molecule has 0 atom stereocenters. The number of carbonyl (C=O) groups is 3. The normalized spacial score (nSPS) is 12.5. The number of rotatable bonds is 4. The molecule has 0 bridgehead atoms. The number of carbonyl (C=O) groups excluding carboxylic acids is 3. The first-order valence-electron chi connectivity index (χ1n) is 8.36. The van der Waals surface area contributed by atoms with E-state index in [-0.39, 0.29) is 11.1 Å². The van der Waals surface area contributed by atoms with Gasteiger partial charge in [0.15, 0.2) is 5.78 Å². The largest absolute Gasteiger partial charge is 0.507 e. The van der Waals surface area contributed by atoms with Crippen molar-refractivity contribution in [3.63, 3.8) is 0 Å². The number of esters is 2. The Labute approximate surface area is 158 Å². The van der Waals surface area contributed by atoms with Gasteiger partial charge in [0, 0.05) is 6.08 Å². The summed E-state index contributed by atoms with van der Waals surface area (Å²) < 4.78 is 10.4. The van der Waals surface area contributed by atoms with E-state index < -0.39 is 46.0 Å². The van der Waals surface area contributed by atoms with Gasteiger partial charge in [-0.1, -0.05) is 0 Å². The van der Waals surface area contributed by atoms with Gasteiger partial charge in [-0.3, -0.25) is 4.79 Å². The summed E-state index contributed by atoms with van der Waals surface area (Å²) in [6, 6.07) is 2.37. The number of ether oxygens (including phenoxy) is 2. The van der Waals surface area contributed by atoms with Crippen molar-refractivity contribution < 1.29 is 34.1 Å². The van der Waals surface area contributed by atoms with Crippen LogP contribution in [0.4, 0.5) is 0 Å². The zero-order chi connectivity index (χ0) is 21.2. The maximum atomic E-state index is 12.6. The number of phenolic OH excluding ortho intramolecular Hbond substituents is 2. The molecule has 0 saturated heterocycles. The van der Waals surface area contributed by atoms with E-state index in [1.54, 1.807) is 41.5 Å². The summed E-state index contributed by atoms with van der Waals surface area (Å²) in [7, 11) is 0. The van der Waals surface area contributed by atoms with E-state index >= 15 is 0 Å². The van der Waals surface area contributed by atoms with Gasteiger partial charge < -0.3 is 19.7 Å². The standard InChI is InChI=1S/C20H26O7/c1-11(21)12-8-9-14(22)16(17(12)24)13(18(25)27-20(5,6)7)10-15(23)26-19(2,3)4/h8-10,22,24H,1-7H3/b13-10+. The van der Waals surface area contributed by atoms with Gasteiger partial charge in [-0.15, -0.1) is 0 Å². The van der Waals surface area contributed by atoms with Crippen molar-refractivity contribution in [3.8, 4) is 11.5 Å². The van der Waals surface area contributed by atoms with Gasteiger partial charge in [-0.25, -0.2) is 9.59 Å². The van der Waals surface area contributed by atoms with E-state index in [4.69, 9.17) is 9.47 Å². The molecule has 0 aliphatic rings. The van der Waals surface area contributed by atoms with Gasteiger partial charge in [0.05, 0.1) is 16.7 Å². The molecule has 0 heterocycles. The maximum Gasteiger partial charge on any atom is 0.339 e. The van der Waals surface area contributed by atoms with Crippen molar-refractivity contribution in [2.45, 2.75) is 59.7 Å². The SMILES string of the molecule is CC(=O)c1ccc(O)c(/C(=C\C(=O)OC(C)(C)C)C(=O)OC(C)(C)C)c1O. The number of hydrogen-bond donors (Lipinski definition) is 2. The fourth-order valence-corrected chi connectivity index (χ4v) is 2.15. The monoisotopic (exact) mass is 378 g/mol. The van der Waals surface area contributed by atoms with Crippen molar-refractivity contribution in [1.82, 2.24) is 0 Å². The molecule has 0 amide bonds. The first kappa shape index (κ1) is 22.2. The average Bonchev–Trinajstić information content (AvgIpc) is 2.41. The van der Waals surface area contributed by atoms with Gasteiger partial charge in [0.2, 0.25) is 0 Å². The second-order valence-electron chi connectivity index (χ2n) is 8.01. The Morgan fingerprint density at radius 2 is 1.44 bits per heavy atom. The Bertz CT molecular complexity index is 790. The van der Waals surface area contributed by atoms with Gasteiger partial charge in [-0.05, 0) is 60.6 Å². The lowest BCUT2D eigenvalue weighted by atomic mass is 9.98. The molecule has 1 rings (SSSR count). The molecule has 7 nitrogen and oxygen atoms in total. The first-order chi connectivity index (χ1) is 12.1. The Kier molecular flexibility index (Phi) is 6.43. The predicted octanol–water partition coefficient (Wildman–Crippen LogP) is 3.37. The van der Waals surface area contributed by atoms with Crippen LogP contribution in [0.3, 0.4) is 0 Å². The lowest BCUT2D eigenvalue weighted by Crippen LogP contribution is -2.26. The Balaban J connectivity index is 3.60. The van der Waals surface area contributed by atoms with E-state index in [9.17, 15) is 24.6 Å². The molecule has 0 fully saturated rings. The smallest absolute Gasteiger partial charge is 0.339 e. The fourth-order valence-electron chi connectivity index (χ4n) is 2.15. The highest BCUT2D eigenvalue weighted by Crippen LogP contribution is 2.37. The average molecular weight is 378 g/mol. The minimum Gasteiger partial charge on any atom is -0.507 e. The van der Waals surface area contributed by atoms with E-state index in [0.717, 1.165) is 12.1 Å². The van der Waals surface area contributed by atoms with Crippen molar-refractivity contribution in [2.75, 3.05) is 0 Å². The van der Waals surface area contributed by atoms with Crippen molar-refractivity contribution >= 4 is 23.3 Å². The van der Waals surface area contributed by atoms with Crippen LogP contribution in [0.25, 0.3) is 5.57 Å². The van der Waals surface area contributed by atoms with E-state index in [1.165, 1.54) is 13.0 Å². The molecule has 1 aromatic rings. The van der Waals surface area contributed by atoms with Crippen LogP contribution in [0.15, 0.2) is 18.2 Å². The van der Waals surface area contributed by atoms with Crippen molar-refractivity contribution in [3.05, 3.63) is 29.3 Å². The molecule has 27 heavy (non-hydrogen) atoms. The van der Waals surface area contributed by atoms with Gasteiger partial charge in [0.1, 0.15) is 22.7 Å². The number of aromatic hydroxyl groups is 2. The van der Waals surface area contributed by atoms with Crippen molar-refractivity contribution in [2.24, 2.45) is 0 Å². The summed E-state index contributed by atoms with van der Waals surface area (Å²) in [5.74, 6) is -3.41. The summed E-state index contributed by atoms with van der Waals surface area (Å²) in [5.41, 5.74) is -2.62. The van der Waals surface area contributed by atoms with Crippen LogP contribution in [0, 0.1) is 0 Å². The van der Waals surface area contributed by atoms with Crippen LogP contribution in [-0.4, -0.2) is 39.1 Å². The fraction of sp³-hybridized carbons (Fsp3) is 0.450. The topological polar surface area (TPSA) is 110 Å². The van der Waals surface area contributed by atoms with Crippen LogP contribution in [-0.2, 0) is 19.1 Å². The maximum absolute atomic E-state index is 12.6. The van der Waals surface area contributed by atoms with Gasteiger partial charge in [0.25, 0.3) is 0 Å². The summed E-state index contributed by atoms with van der Waals surface area (Å²) in [5, 5.41) is 20.6. The molecular formula is C20H26O7. The Morgan fingerprint density at radius 1 is 0.926 bits per heavy atom. The highest BCUT2D eigenvalue weighted by Gasteiger charge is 2.29. The predicted molar refractivity (Wildman–Crippen MR) is 99.4 cm³/mol. The van der Waals surface area contributed by atoms with E-state index in [2.05, 4.69) is 0 Å². The molecule has 0 aliphatic heterocycles. The number of Topliss-reactive ketones (excluding diaryl/α,β-unsaturated/α-hetero) is 1. The Hall–Kier alpha value is -2.83. The molecule has 0 aromatic heterocycles. The summed E-state index contributed by atoms with van der Waals surface area (Å²) >= 11 is 0. The summed E-state index contributed by atoms with van der Waals surface area (Å²) in [4.78, 5) is 36.5. The quantitative estimate of drug-likeness (QED) is 0.469. The zero-order valence-corrected chi connectivity index (χ0v) is 16.7. The summed E-state index contributed by atoms with van der Waals surface area (Å²) in [6.45, 7) is 11.1. The molecule has 2 N–H and O–H groups in total. The Morgan fingerprint density at radius 3 is 1.89 bits per heavy atom. The lowest BCUT2D eigenvalue weighted by Gasteiger charge is -2.22. The highest BCUT2D eigenvalue weighted by atomic mass is 16.6. The van der Waals surface area contributed by atoms with Crippen LogP contribution in [0.5, 0.6) is 11.5 Å². The molecule has 1 aromatic carbocycles. The third-order valence-electron chi connectivity index (χ3n) is 3.09. The first-order valence-corrected chi connectivity index (χ1v) is 8.36. The molecule has 0 aliphatic carbocycles. The van der Waals surface area contributed by atoms with Crippen LogP contribution in [0.1, 0.15) is 64.4 Å². The lowest BCUT2D eigenvalue weighted by molar-refractivity contribution is -0.150. The molecule has 0 radical (unpaired) electrons. The van der Waals surface area contributed by atoms with E-state index in [0.29, 0.717) is 0 Å². The zero-order valence-electron chi connectivity index (χ0n) is 16.7. The third-order valence-corrected chi connectivity index (χ3v) is 3.09. The molecule has 0 saturated carbocycles. The number of benzene rings is 1. The van der Waals surface area contributed by atoms with Crippen LogP contribution >= 0.6 is 0 Å². The molecule has 148 valence electrons. The third kappa shape index (κ3) is 6.44. The number of hydrogen-bond acceptors (Lipinski definition) is 7. The molecule has 0 unspecified atom stereocenters. The van der Waals surface area contributed by atoms with Crippen LogP contribution in [0.2, 0.25) is 0 Å². The second kappa shape index (κ2) is 7.82. The van der Waals surface area contributed by atoms with E-state index in [1.807, 2.05) is 0 Å². The second-order valence-corrected chi connectivity index (χ2v) is 8.01. The molecular weight excluding hydrogens is 352 g/mol. The minimum absolute atomic E-state index is 0.110.